The van der Waals surface area contributed by atoms with Crippen molar-refractivity contribution in [3.8, 4) is 28.7 Å². The number of benzene rings is 3. The molecule has 68 heavy (non-hydrogen) atoms. The molecule has 23 nitrogen and oxygen atoms in total. The summed E-state index contributed by atoms with van der Waals surface area (Å²) in [5, 5.41) is 73.3. The van der Waals surface area contributed by atoms with Gasteiger partial charge in [0, 0.05) is 55.3 Å². The topological polar surface area (TPSA) is 358 Å². The van der Waals surface area contributed by atoms with Crippen molar-refractivity contribution in [3.63, 3.8) is 0 Å². The first-order valence-electron chi connectivity index (χ1n) is 21.3. The highest BCUT2D eigenvalue weighted by Gasteiger charge is 2.50. The van der Waals surface area contributed by atoms with Crippen molar-refractivity contribution < 1.29 is 92.6 Å². The monoisotopic (exact) mass is 952 g/mol. The molecule has 0 aromatic heterocycles. The van der Waals surface area contributed by atoms with Crippen molar-refractivity contribution in [2.45, 2.75) is 68.7 Å². The Bertz CT molecular complexity index is 2480. The van der Waals surface area contributed by atoms with E-state index in [1.807, 2.05) is 0 Å². The Kier molecular flexibility index (Phi) is 16.3. The number of aliphatic hydroxyl groups is 3. The van der Waals surface area contributed by atoms with Crippen molar-refractivity contribution in [2.24, 2.45) is 5.73 Å². The summed E-state index contributed by atoms with van der Waals surface area (Å²) in [7, 11) is 2.57. The van der Waals surface area contributed by atoms with Crippen LogP contribution < -0.4 is 31.2 Å². The van der Waals surface area contributed by atoms with Crippen LogP contribution >= 0.6 is 0 Å². The quantitative estimate of drug-likeness (QED) is 0.0287. The lowest BCUT2D eigenvalue weighted by Crippen LogP contribution is -2.52. The van der Waals surface area contributed by atoms with Gasteiger partial charge in [-0.25, -0.2) is 0 Å². The van der Waals surface area contributed by atoms with E-state index >= 15 is 0 Å². The third-order valence-electron chi connectivity index (χ3n) is 11.6. The van der Waals surface area contributed by atoms with E-state index in [1.54, 1.807) is 0 Å². The van der Waals surface area contributed by atoms with Crippen LogP contribution in [0.5, 0.6) is 28.7 Å². The fourth-order valence-electron chi connectivity index (χ4n) is 8.27. The Balaban J connectivity index is 0.961. The molecule has 1 saturated heterocycles. The molecule has 6 rings (SSSR count). The Morgan fingerprint density at radius 2 is 1.56 bits per heavy atom. The molecule has 11 N–H and O–H groups in total. The third kappa shape index (κ3) is 10.8. The minimum absolute atomic E-state index is 0.0169. The first-order chi connectivity index (χ1) is 32.4. The molecular formula is C45H52N4O19. The number of rotatable bonds is 21. The van der Waals surface area contributed by atoms with Gasteiger partial charge in [0.15, 0.2) is 23.6 Å². The number of carbonyl (C=O) groups excluding carboxylic acids is 7. The van der Waals surface area contributed by atoms with E-state index in [1.165, 1.54) is 44.6 Å². The molecule has 3 aromatic rings. The molecule has 4 amide bonds. The predicted octanol–water partition coefficient (Wildman–Crippen LogP) is -0.458. The van der Waals surface area contributed by atoms with Crippen LogP contribution in [0.2, 0.25) is 0 Å². The molecule has 23 heteroatoms. The molecule has 1 fully saturated rings. The zero-order valence-corrected chi connectivity index (χ0v) is 37.0. The number of anilines is 1. The Morgan fingerprint density at radius 1 is 0.853 bits per heavy atom. The van der Waals surface area contributed by atoms with Crippen LogP contribution in [0.3, 0.4) is 0 Å². The van der Waals surface area contributed by atoms with Gasteiger partial charge in [-0.3, -0.25) is 33.6 Å². The van der Waals surface area contributed by atoms with Gasteiger partial charge in [-0.2, -0.15) is 0 Å². The summed E-state index contributed by atoms with van der Waals surface area (Å²) in [4.78, 5) is 89.8. The minimum atomic E-state index is -2.37. The van der Waals surface area contributed by atoms with Crippen LogP contribution in [0.15, 0.2) is 30.3 Å². The Labute approximate surface area is 387 Å². The van der Waals surface area contributed by atoms with E-state index in [4.69, 9.17) is 34.2 Å². The number of nitrogens with two attached hydrogens (primary N) is 1. The lowest BCUT2D eigenvalue weighted by Gasteiger charge is -2.41. The first-order valence-corrected chi connectivity index (χ1v) is 21.3. The number of amides is 4. The van der Waals surface area contributed by atoms with Gasteiger partial charge in [-0.05, 0) is 24.6 Å². The number of phenols is 3. The number of fused-ring (bicyclic) bond motifs is 3. The lowest BCUT2D eigenvalue weighted by molar-refractivity contribution is -0.225. The normalized spacial score (nSPS) is 20.6. The van der Waals surface area contributed by atoms with Gasteiger partial charge in [0.2, 0.25) is 23.5 Å². The maximum atomic E-state index is 13.9. The molecule has 0 radical (unpaired) electrons. The second kappa shape index (κ2) is 21.9. The van der Waals surface area contributed by atoms with Crippen molar-refractivity contribution in [1.29, 1.82) is 0 Å². The Hall–Kier alpha value is -6.73. The number of aliphatic hydroxyl groups excluding tert-OH is 2. The summed E-state index contributed by atoms with van der Waals surface area (Å²) in [6.45, 7) is -1.53. The molecule has 0 unspecified atom stereocenters. The molecule has 0 spiro atoms. The largest absolute Gasteiger partial charge is 0.507 e. The van der Waals surface area contributed by atoms with E-state index in [0.29, 0.717) is 0 Å². The van der Waals surface area contributed by atoms with Crippen LogP contribution in [0.1, 0.15) is 91.5 Å². The number of aromatic hydroxyl groups is 3. The van der Waals surface area contributed by atoms with Crippen LogP contribution in [-0.2, 0) is 44.5 Å². The minimum Gasteiger partial charge on any atom is -0.507 e. The number of phenolic OH excluding ortho intramolecular Hbond substituents is 2. The van der Waals surface area contributed by atoms with Gasteiger partial charge < -0.3 is 80.7 Å². The predicted molar refractivity (Wildman–Crippen MR) is 231 cm³/mol. The summed E-state index contributed by atoms with van der Waals surface area (Å²) in [5.74, 6) is -7.23. The fourth-order valence-corrected chi connectivity index (χ4v) is 8.27. The molecular weight excluding hydrogens is 901 g/mol. The summed E-state index contributed by atoms with van der Waals surface area (Å²) in [6, 6.07) is 5.98. The molecule has 3 aliphatic rings. The molecule has 5 atom stereocenters. The molecule has 0 saturated carbocycles. The van der Waals surface area contributed by atoms with Gasteiger partial charge in [-0.15, -0.1) is 0 Å². The molecule has 1 aliphatic heterocycles. The highest BCUT2D eigenvalue weighted by atomic mass is 16.7. The number of ketones is 3. The van der Waals surface area contributed by atoms with E-state index in [2.05, 4.69) is 16.0 Å². The van der Waals surface area contributed by atoms with Crippen molar-refractivity contribution in [3.05, 3.63) is 69.3 Å². The summed E-state index contributed by atoms with van der Waals surface area (Å²) in [6.07, 6.45) is -5.47. The summed E-state index contributed by atoms with van der Waals surface area (Å²) < 4.78 is 32.8. The van der Waals surface area contributed by atoms with Gasteiger partial charge in [0.05, 0.1) is 81.3 Å². The van der Waals surface area contributed by atoms with Gasteiger partial charge in [-0.1, -0.05) is 12.1 Å². The highest BCUT2D eigenvalue weighted by molar-refractivity contribution is 6.31. The SMILES string of the molecule is COc1cccc2c1C(=O)c1c(O)c3c(c(O)c1C2=O)C[C@@](O)(C(=O)CO)C[C@H]3O[C@@H]1C[C@H](NC(=O)CCCC(=O)NCCOCCOCC(=O)Nc2ccc(OC)c(C(N)=O)c2O)[C@H](O)CO1. The van der Waals surface area contributed by atoms with Crippen molar-refractivity contribution in [2.75, 3.05) is 65.7 Å². The number of ether oxygens (including phenoxy) is 6. The van der Waals surface area contributed by atoms with E-state index in [0.717, 1.165) is 0 Å². The maximum Gasteiger partial charge on any atom is 0.256 e. The summed E-state index contributed by atoms with van der Waals surface area (Å²) in [5.41, 5.74) is 0.663. The zero-order valence-electron chi connectivity index (χ0n) is 37.0. The van der Waals surface area contributed by atoms with Crippen LogP contribution in [0, 0.1) is 0 Å². The van der Waals surface area contributed by atoms with E-state index < -0.39 is 120 Å². The first kappa shape index (κ1) is 50.7. The maximum absolute atomic E-state index is 13.9. The average molecular weight is 953 g/mol. The summed E-state index contributed by atoms with van der Waals surface area (Å²) >= 11 is 0. The smallest absolute Gasteiger partial charge is 0.256 e. The van der Waals surface area contributed by atoms with Crippen LogP contribution in [0.4, 0.5) is 5.69 Å². The number of hydrogen-bond acceptors (Lipinski definition) is 19. The van der Waals surface area contributed by atoms with Gasteiger partial charge in [0.1, 0.15) is 47.4 Å². The van der Waals surface area contributed by atoms with Gasteiger partial charge >= 0.3 is 0 Å². The molecule has 366 valence electrons. The molecule has 2 aliphatic carbocycles. The Morgan fingerprint density at radius 3 is 2.26 bits per heavy atom. The number of carbonyl (C=O) groups is 7. The van der Waals surface area contributed by atoms with Gasteiger partial charge in [0.25, 0.3) is 5.91 Å². The molecule has 1 heterocycles. The third-order valence-corrected chi connectivity index (χ3v) is 11.6. The highest BCUT2D eigenvalue weighted by Crippen LogP contribution is 2.52. The number of Topliss-reactive ketones (excluding diaryl/α,β-unsaturated/α-hetero) is 1. The standard InChI is InChI=1S/C45H52N4O19/c1-63-26-6-3-5-21-34(26)42(59)38-37(39(21)56)40(57)22-16-45(62,29(52)18-50)17-28(35(22)43(38)60)68-33-15-24(25(51)19-67-33)49-31(54)8-4-7-30(53)47-11-12-65-13-14-66-20-32(55)48-23-9-10-27(64-2)36(41(23)58)44(46)61/h3,5-6,9-10,24-25,28,33,50-51,57-58,60,62H,4,7-8,11-20H2,1-2H3,(H2,46,61)(H,47,53)(H,48,55)(H,49,54)/t24-,25+,28+,33+,45-/m0/s1. The fraction of sp³-hybridized carbons (Fsp3) is 0.444. The van der Waals surface area contributed by atoms with E-state index in [9.17, 15) is 64.2 Å². The van der Waals surface area contributed by atoms with Crippen molar-refractivity contribution in [1.82, 2.24) is 10.6 Å². The molecule has 3 aromatic carbocycles. The second-order valence-electron chi connectivity index (χ2n) is 16.1. The average Bonchev–Trinajstić information content (AvgIpc) is 3.30. The van der Waals surface area contributed by atoms with Crippen LogP contribution in [-0.4, -0.2) is 156 Å². The second-order valence-corrected chi connectivity index (χ2v) is 16.1. The molecule has 0 bridgehead atoms. The number of primary amides is 1. The van der Waals surface area contributed by atoms with Crippen molar-refractivity contribution >= 4 is 46.7 Å². The number of nitrogens with one attached hydrogen (secondary N) is 3. The zero-order chi connectivity index (χ0) is 49.4. The number of hydrogen-bond donors (Lipinski definition) is 10. The van der Waals surface area contributed by atoms with Crippen LogP contribution in [0.25, 0.3) is 0 Å². The number of methoxy groups -OCH3 is 2. The lowest BCUT2D eigenvalue weighted by atomic mass is 9.72. The van der Waals surface area contributed by atoms with E-state index in [-0.39, 0.29) is 110 Å².